The van der Waals surface area contributed by atoms with Crippen LogP contribution < -0.4 is 5.32 Å². The van der Waals surface area contributed by atoms with Gasteiger partial charge in [-0.3, -0.25) is 4.79 Å². The van der Waals surface area contributed by atoms with E-state index in [0.29, 0.717) is 6.04 Å². The van der Waals surface area contributed by atoms with Gasteiger partial charge in [-0.2, -0.15) is 0 Å². The lowest BCUT2D eigenvalue weighted by atomic mass is 10.0. The number of rotatable bonds is 2. The van der Waals surface area contributed by atoms with Crippen LogP contribution >= 0.6 is 0 Å². The molecule has 2 aliphatic rings. The number of amides is 1. The van der Waals surface area contributed by atoms with Gasteiger partial charge in [-0.1, -0.05) is 0 Å². The highest BCUT2D eigenvalue weighted by Crippen LogP contribution is 2.24. The third-order valence-corrected chi connectivity index (χ3v) is 4.62. The Morgan fingerprint density at radius 2 is 2.10 bits per heavy atom. The SMILES string of the molecule is CN1CCC(N(C)C(=O)c2ccc3c(c2)CCN3)CC1. The number of benzene rings is 1. The van der Waals surface area contributed by atoms with Crippen LogP contribution in [0.2, 0.25) is 0 Å². The van der Waals surface area contributed by atoms with Crippen LogP contribution in [0.25, 0.3) is 0 Å². The Balaban J connectivity index is 1.72. The predicted octanol–water partition coefficient (Wildman–Crippen LogP) is 1.82. The van der Waals surface area contributed by atoms with Crippen LogP contribution in [0.5, 0.6) is 0 Å². The molecule has 0 unspecified atom stereocenters. The van der Waals surface area contributed by atoms with Crippen molar-refractivity contribution >= 4 is 11.6 Å². The average Bonchev–Trinajstić information content (AvgIpc) is 2.94. The largest absolute Gasteiger partial charge is 0.384 e. The lowest BCUT2D eigenvalue weighted by Gasteiger charge is -2.35. The summed E-state index contributed by atoms with van der Waals surface area (Å²) in [4.78, 5) is 16.9. The number of carbonyl (C=O) groups is 1. The van der Waals surface area contributed by atoms with Crippen molar-refractivity contribution in [3.63, 3.8) is 0 Å². The van der Waals surface area contributed by atoms with E-state index >= 15 is 0 Å². The molecule has 0 bridgehead atoms. The second-order valence-corrected chi connectivity index (χ2v) is 6.00. The van der Waals surface area contributed by atoms with E-state index in [1.54, 1.807) is 0 Å². The summed E-state index contributed by atoms with van der Waals surface area (Å²) in [7, 11) is 4.09. The summed E-state index contributed by atoms with van der Waals surface area (Å²) >= 11 is 0. The van der Waals surface area contributed by atoms with Gasteiger partial charge in [0, 0.05) is 30.9 Å². The van der Waals surface area contributed by atoms with Gasteiger partial charge in [0.25, 0.3) is 5.91 Å². The molecule has 1 saturated heterocycles. The average molecular weight is 273 g/mol. The molecule has 0 aromatic heterocycles. The van der Waals surface area contributed by atoms with E-state index in [0.717, 1.165) is 44.5 Å². The van der Waals surface area contributed by atoms with E-state index in [4.69, 9.17) is 0 Å². The van der Waals surface area contributed by atoms with Crippen molar-refractivity contribution in [2.24, 2.45) is 0 Å². The number of nitrogens with zero attached hydrogens (tertiary/aromatic N) is 2. The molecule has 1 fully saturated rings. The first-order valence-corrected chi connectivity index (χ1v) is 7.47. The first-order valence-electron chi connectivity index (χ1n) is 7.47. The van der Waals surface area contributed by atoms with Gasteiger partial charge in [-0.05, 0) is 63.2 Å². The molecule has 108 valence electrons. The van der Waals surface area contributed by atoms with Crippen LogP contribution in [0.4, 0.5) is 5.69 Å². The summed E-state index contributed by atoms with van der Waals surface area (Å²) in [6.07, 6.45) is 3.17. The number of hydrogen-bond donors (Lipinski definition) is 1. The standard InChI is InChI=1S/C16H23N3O/c1-18-9-6-14(7-10-18)19(2)16(20)13-3-4-15-12(11-13)5-8-17-15/h3-4,11,14,17H,5-10H2,1-2H3. The van der Waals surface area contributed by atoms with Gasteiger partial charge in [-0.25, -0.2) is 0 Å². The minimum absolute atomic E-state index is 0.161. The van der Waals surface area contributed by atoms with Crippen LogP contribution in [-0.4, -0.2) is 55.5 Å². The third-order valence-electron chi connectivity index (χ3n) is 4.62. The van der Waals surface area contributed by atoms with Crippen molar-refractivity contribution in [3.05, 3.63) is 29.3 Å². The van der Waals surface area contributed by atoms with Gasteiger partial charge >= 0.3 is 0 Å². The van der Waals surface area contributed by atoms with Crippen molar-refractivity contribution in [3.8, 4) is 0 Å². The predicted molar refractivity (Wildman–Crippen MR) is 81.2 cm³/mol. The highest BCUT2D eigenvalue weighted by Gasteiger charge is 2.25. The minimum atomic E-state index is 0.161. The smallest absolute Gasteiger partial charge is 0.253 e. The van der Waals surface area contributed by atoms with E-state index < -0.39 is 0 Å². The molecule has 4 heteroatoms. The number of nitrogens with one attached hydrogen (secondary N) is 1. The number of fused-ring (bicyclic) bond motifs is 1. The van der Waals surface area contributed by atoms with Crippen LogP contribution in [0.3, 0.4) is 0 Å². The van der Waals surface area contributed by atoms with Gasteiger partial charge in [0.2, 0.25) is 0 Å². The fraction of sp³-hybridized carbons (Fsp3) is 0.562. The molecular weight excluding hydrogens is 250 g/mol. The number of carbonyl (C=O) groups excluding carboxylic acids is 1. The van der Waals surface area contributed by atoms with Crippen LogP contribution in [0.15, 0.2) is 18.2 Å². The Hall–Kier alpha value is -1.55. The molecule has 3 rings (SSSR count). The quantitative estimate of drug-likeness (QED) is 0.893. The number of hydrogen-bond acceptors (Lipinski definition) is 3. The lowest BCUT2D eigenvalue weighted by Crippen LogP contribution is -2.44. The minimum Gasteiger partial charge on any atom is -0.384 e. The zero-order valence-corrected chi connectivity index (χ0v) is 12.4. The molecule has 1 aromatic rings. The monoisotopic (exact) mass is 273 g/mol. The van der Waals surface area contributed by atoms with E-state index in [9.17, 15) is 4.79 Å². The molecule has 0 radical (unpaired) electrons. The maximum atomic E-state index is 12.6. The Kier molecular flexibility index (Phi) is 3.66. The van der Waals surface area contributed by atoms with Crippen LogP contribution in [-0.2, 0) is 6.42 Å². The van der Waals surface area contributed by atoms with Gasteiger partial charge < -0.3 is 15.1 Å². The van der Waals surface area contributed by atoms with Crippen molar-refractivity contribution in [1.29, 1.82) is 0 Å². The summed E-state index contributed by atoms with van der Waals surface area (Å²) in [5, 5.41) is 3.33. The molecule has 4 nitrogen and oxygen atoms in total. The van der Waals surface area contributed by atoms with Crippen molar-refractivity contribution in [2.75, 3.05) is 39.0 Å². The second kappa shape index (κ2) is 5.44. The molecule has 1 N–H and O–H groups in total. The topological polar surface area (TPSA) is 35.6 Å². The summed E-state index contributed by atoms with van der Waals surface area (Å²) in [5.41, 5.74) is 3.28. The van der Waals surface area contributed by atoms with Crippen molar-refractivity contribution < 1.29 is 4.79 Å². The maximum absolute atomic E-state index is 12.6. The maximum Gasteiger partial charge on any atom is 0.253 e. The van der Waals surface area contributed by atoms with Crippen LogP contribution in [0, 0.1) is 0 Å². The van der Waals surface area contributed by atoms with Crippen molar-refractivity contribution in [1.82, 2.24) is 9.80 Å². The molecule has 1 amide bonds. The Labute approximate surface area is 120 Å². The number of likely N-dealkylation sites (tertiary alicyclic amines) is 1. The second-order valence-electron chi connectivity index (χ2n) is 6.00. The fourth-order valence-electron chi connectivity index (χ4n) is 3.19. The zero-order valence-electron chi connectivity index (χ0n) is 12.4. The fourth-order valence-corrected chi connectivity index (χ4v) is 3.19. The first kappa shape index (κ1) is 13.4. The van der Waals surface area contributed by atoms with Gasteiger partial charge in [0.1, 0.15) is 0 Å². The molecule has 0 saturated carbocycles. The van der Waals surface area contributed by atoms with Gasteiger partial charge in [0.05, 0.1) is 0 Å². The number of anilines is 1. The van der Waals surface area contributed by atoms with E-state index in [1.807, 2.05) is 24.1 Å². The Morgan fingerprint density at radius 1 is 1.35 bits per heavy atom. The van der Waals surface area contributed by atoms with Gasteiger partial charge in [-0.15, -0.1) is 0 Å². The highest BCUT2D eigenvalue weighted by atomic mass is 16.2. The Bertz CT molecular complexity index is 506. The number of piperidine rings is 1. The summed E-state index contributed by atoms with van der Waals surface area (Å²) in [5.74, 6) is 0.161. The molecule has 20 heavy (non-hydrogen) atoms. The summed E-state index contributed by atoms with van der Waals surface area (Å²) < 4.78 is 0. The van der Waals surface area contributed by atoms with Gasteiger partial charge in [0.15, 0.2) is 0 Å². The van der Waals surface area contributed by atoms with E-state index in [-0.39, 0.29) is 5.91 Å². The van der Waals surface area contributed by atoms with Crippen LogP contribution in [0.1, 0.15) is 28.8 Å². The molecule has 0 aliphatic carbocycles. The van der Waals surface area contributed by atoms with E-state index in [1.165, 1.54) is 11.3 Å². The lowest BCUT2D eigenvalue weighted by molar-refractivity contribution is 0.0659. The summed E-state index contributed by atoms with van der Waals surface area (Å²) in [6.45, 7) is 3.14. The first-order chi connectivity index (χ1) is 9.65. The molecule has 0 atom stereocenters. The summed E-state index contributed by atoms with van der Waals surface area (Å²) in [6, 6.07) is 6.43. The molecule has 0 spiro atoms. The molecular formula is C16H23N3O. The van der Waals surface area contributed by atoms with Crippen molar-refractivity contribution in [2.45, 2.75) is 25.3 Å². The normalized spacial score (nSPS) is 19.5. The molecule has 2 heterocycles. The Morgan fingerprint density at radius 3 is 2.85 bits per heavy atom. The van der Waals surface area contributed by atoms with E-state index in [2.05, 4.69) is 23.3 Å². The zero-order chi connectivity index (χ0) is 14.1. The molecule has 2 aliphatic heterocycles. The third kappa shape index (κ3) is 2.52. The molecule has 1 aromatic carbocycles. The highest BCUT2D eigenvalue weighted by molar-refractivity contribution is 5.95.